The fourth-order valence-electron chi connectivity index (χ4n) is 4.01. The Hall–Kier alpha value is -4.47. The minimum atomic E-state index is -0.440. The quantitative estimate of drug-likeness (QED) is 0.345. The summed E-state index contributed by atoms with van der Waals surface area (Å²) in [5, 5.41) is 13.4. The van der Waals surface area contributed by atoms with Gasteiger partial charge in [0, 0.05) is 29.1 Å². The van der Waals surface area contributed by atoms with Crippen LogP contribution in [0.3, 0.4) is 0 Å². The molecular weight excluding hydrogens is 463 g/mol. The van der Waals surface area contributed by atoms with Gasteiger partial charge in [-0.15, -0.1) is 5.10 Å². The summed E-state index contributed by atoms with van der Waals surface area (Å²) < 4.78 is 27.2. The van der Waals surface area contributed by atoms with Gasteiger partial charge >= 0.3 is 5.82 Å². The normalized spacial score (nSPS) is 12.3. The smallest absolute Gasteiger partial charge is 0.311 e. The van der Waals surface area contributed by atoms with Crippen LogP contribution in [0, 0.1) is 12.7 Å². The number of carbonyl (C=O) groups is 1. The first-order valence-corrected chi connectivity index (χ1v) is 11.5. The molecule has 1 aliphatic heterocycles. The van der Waals surface area contributed by atoms with Crippen molar-refractivity contribution in [3.63, 3.8) is 0 Å². The summed E-state index contributed by atoms with van der Waals surface area (Å²) in [6, 6.07) is 12.7. The summed E-state index contributed by atoms with van der Waals surface area (Å²) in [5.41, 5.74) is 3.65. The molecule has 4 aromatic rings. The van der Waals surface area contributed by atoms with Crippen LogP contribution >= 0.6 is 0 Å². The van der Waals surface area contributed by atoms with Gasteiger partial charge in [0.15, 0.2) is 17.3 Å². The van der Waals surface area contributed by atoms with Gasteiger partial charge in [0.1, 0.15) is 19.8 Å². The lowest BCUT2D eigenvalue weighted by molar-refractivity contribution is -0.668. The number of carbonyl (C=O) groups excluding carboxylic acids is 1. The monoisotopic (exact) mass is 489 g/mol. The Bertz CT molecular complexity index is 1420. The van der Waals surface area contributed by atoms with Crippen LogP contribution in [0.5, 0.6) is 11.5 Å². The number of aromatic amines is 1. The van der Waals surface area contributed by atoms with E-state index < -0.39 is 5.82 Å². The summed E-state index contributed by atoms with van der Waals surface area (Å²) in [6.45, 7) is 3.80. The Kier molecular flexibility index (Phi) is 6.48. The van der Waals surface area contributed by atoms with Crippen molar-refractivity contribution in [1.29, 1.82) is 0 Å². The molecule has 0 spiro atoms. The molecule has 0 aliphatic carbocycles. The van der Waals surface area contributed by atoms with Crippen LogP contribution in [-0.2, 0) is 20.1 Å². The van der Waals surface area contributed by atoms with Gasteiger partial charge in [-0.1, -0.05) is 6.07 Å². The summed E-state index contributed by atoms with van der Waals surface area (Å²) in [5.74, 6) is 2.01. The number of hydrogen-bond donors (Lipinski definition) is 3. The van der Waals surface area contributed by atoms with Gasteiger partial charge in [0.2, 0.25) is 0 Å². The highest BCUT2D eigenvalue weighted by atomic mass is 19.1. The van der Waals surface area contributed by atoms with E-state index in [9.17, 15) is 9.18 Å². The maximum Gasteiger partial charge on any atom is 0.311 e. The van der Waals surface area contributed by atoms with Crippen LogP contribution in [-0.4, -0.2) is 34.3 Å². The third-order valence-corrected chi connectivity index (χ3v) is 6.05. The third-order valence-electron chi connectivity index (χ3n) is 6.05. The van der Waals surface area contributed by atoms with Gasteiger partial charge in [0.25, 0.3) is 11.7 Å². The molecule has 0 saturated heterocycles. The van der Waals surface area contributed by atoms with Gasteiger partial charge in [-0.25, -0.2) is 8.96 Å². The molecule has 184 valence electrons. The Morgan fingerprint density at radius 1 is 1.14 bits per heavy atom. The Labute approximate surface area is 207 Å². The predicted octanol–water partition coefficient (Wildman–Crippen LogP) is 3.06. The number of benzene rings is 2. The van der Waals surface area contributed by atoms with Crippen LogP contribution in [0.25, 0.3) is 11.4 Å². The molecule has 0 saturated carbocycles. The molecule has 36 heavy (non-hydrogen) atoms. The first-order chi connectivity index (χ1) is 17.5. The third kappa shape index (κ3) is 4.83. The molecule has 0 unspecified atom stereocenters. The molecule has 2 aromatic heterocycles. The highest BCUT2D eigenvalue weighted by Crippen LogP contribution is 2.33. The van der Waals surface area contributed by atoms with Crippen molar-refractivity contribution in [2.45, 2.75) is 20.0 Å². The zero-order chi connectivity index (χ0) is 25.1. The highest BCUT2D eigenvalue weighted by Gasteiger charge is 2.21. The minimum Gasteiger partial charge on any atom is -0.486 e. The molecular formula is C26H26FN6O3+. The van der Waals surface area contributed by atoms with Crippen LogP contribution in [0.4, 0.5) is 10.1 Å². The number of nitrogens with one attached hydrogen (secondary N) is 3. The Morgan fingerprint density at radius 2 is 1.94 bits per heavy atom. The van der Waals surface area contributed by atoms with Crippen LogP contribution in [0.1, 0.15) is 27.3 Å². The Morgan fingerprint density at radius 3 is 2.75 bits per heavy atom. The number of rotatable bonds is 7. The number of hydrogen-bond acceptors (Lipinski definition) is 6. The first-order valence-electron chi connectivity index (χ1n) is 11.5. The lowest BCUT2D eigenvalue weighted by Gasteiger charge is -2.20. The van der Waals surface area contributed by atoms with Crippen molar-refractivity contribution < 1.29 is 23.2 Å². The molecule has 3 heterocycles. The molecule has 9 nitrogen and oxygen atoms in total. The van der Waals surface area contributed by atoms with Gasteiger partial charge in [-0.05, 0) is 54.4 Å². The lowest BCUT2D eigenvalue weighted by atomic mass is 10.1. The molecule has 1 aliphatic rings. The van der Waals surface area contributed by atoms with Crippen LogP contribution in [0.2, 0.25) is 0 Å². The van der Waals surface area contributed by atoms with Crippen molar-refractivity contribution in [1.82, 2.24) is 20.5 Å². The standard InChI is InChI=1S/C26H25FN6O3/c1-16-10-22-23(36-9-8-35-22)12-18(16)13-30-26(34)17-4-3-5-19(11-17)29-15-24-31-32-25(33(24)2)20-6-7-28-14-21(20)27/h3-7,10-12,14,29H,8-9,13,15H2,1-2H3,(H,30,34)/p+1. The molecule has 1 amide bonds. The van der Waals surface area contributed by atoms with Crippen LogP contribution in [0.15, 0.2) is 54.9 Å². The highest BCUT2D eigenvalue weighted by molar-refractivity contribution is 5.95. The van der Waals surface area contributed by atoms with Gasteiger partial charge in [0.05, 0.1) is 18.8 Å². The van der Waals surface area contributed by atoms with E-state index in [0.717, 1.165) is 34.6 Å². The number of anilines is 1. The summed E-state index contributed by atoms with van der Waals surface area (Å²) in [6.07, 6.45) is 2.68. The maximum atomic E-state index is 14.1. The van der Waals surface area contributed by atoms with E-state index in [-0.39, 0.29) is 5.91 Å². The zero-order valence-corrected chi connectivity index (χ0v) is 20.0. The maximum absolute atomic E-state index is 14.1. The molecule has 0 atom stereocenters. The summed E-state index contributed by atoms with van der Waals surface area (Å²) >= 11 is 0. The lowest BCUT2D eigenvalue weighted by Crippen LogP contribution is -2.35. The number of aryl methyl sites for hydroxylation is 1. The van der Waals surface area contributed by atoms with Gasteiger partial charge < -0.3 is 20.1 Å². The van der Waals surface area contributed by atoms with E-state index in [4.69, 9.17) is 9.47 Å². The van der Waals surface area contributed by atoms with Crippen molar-refractivity contribution >= 4 is 11.6 Å². The van der Waals surface area contributed by atoms with E-state index in [0.29, 0.717) is 49.0 Å². The predicted molar refractivity (Wildman–Crippen MR) is 130 cm³/mol. The second kappa shape index (κ2) is 10.0. The van der Waals surface area contributed by atoms with Gasteiger partial charge in [-0.3, -0.25) is 9.78 Å². The Balaban J connectivity index is 1.23. The number of ether oxygens (including phenoxy) is 2. The molecule has 0 bridgehead atoms. The van der Waals surface area contributed by atoms with Crippen LogP contribution < -0.4 is 24.7 Å². The van der Waals surface area contributed by atoms with E-state index in [1.165, 1.54) is 6.20 Å². The number of H-pyrrole nitrogens is 1. The molecule has 3 N–H and O–H groups in total. The van der Waals surface area contributed by atoms with E-state index in [1.807, 2.05) is 31.2 Å². The number of fused-ring (bicyclic) bond motifs is 1. The average molecular weight is 490 g/mol. The number of nitrogens with zero attached hydrogens (tertiary/aromatic N) is 3. The molecule has 0 fully saturated rings. The second-order valence-electron chi connectivity index (χ2n) is 8.45. The van der Waals surface area contributed by atoms with Crippen molar-refractivity contribution in [3.8, 4) is 22.9 Å². The number of halogens is 1. The SMILES string of the molecule is Cc1cc2c(cc1CNC(=O)c1cccc(NCc3[nH]nc(-c4ccncc4F)[n+]3C)c1)OCCO2. The van der Waals surface area contributed by atoms with E-state index in [1.54, 1.807) is 29.8 Å². The first kappa shape index (κ1) is 23.3. The largest absolute Gasteiger partial charge is 0.486 e. The number of amides is 1. The number of pyridine rings is 1. The zero-order valence-electron chi connectivity index (χ0n) is 20.0. The fourth-order valence-corrected chi connectivity index (χ4v) is 4.01. The summed E-state index contributed by atoms with van der Waals surface area (Å²) in [7, 11) is 1.81. The minimum absolute atomic E-state index is 0.185. The topological polar surface area (TPSA) is 105 Å². The fraction of sp³-hybridized carbons (Fsp3) is 0.231. The molecule has 10 heteroatoms. The molecule has 5 rings (SSSR count). The van der Waals surface area contributed by atoms with E-state index >= 15 is 0 Å². The number of aromatic nitrogens is 4. The van der Waals surface area contributed by atoms with Crippen molar-refractivity contribution in [2.75, 3.05) is 18.5 Å². The average Bonchev–Trinajstić information content (AvgIpc) is 3.26. The second-order valence-corrected chi connectivity index (χ2v) is 8.45. The van der Waals surface area contributed by atoms with Gasteiger partial charge in [-0.2, -0.15) is 0 Å². The van der Waals surface area contributed by atoms with E-state index in [2.05, 4.69) is 25.8 Å². The molecule has 0 radical (unpaired) electrons. The van der Waals surface area contributed by atoms with Crippen molar-refractivity contribution in [3.05, 3.63) is 83.2 Å². The van der Waals surface area contributed by atoms with Crippen molar-refractivity contribution in [2.24, 2.45) is 7.05 Å². The summed E-state index contributed by atoms with van der Waals surface area (Å²) in [4.78, 5) is 16.6. The molecule has 2 aromatic carbocycles.